The lowest BCUT2D eigenvalue weighted by Crippen LogP contribution is -2.47. The lowest BCUT2D eigenvalue weighted by molar-refractivity contribution is -0.144. The standard InChI is InChI=1S/C21H22ClFN2O3/c1-4-27-21(26)19-20(28-12(2)3)24-17-10-9-13(22)11-15(17)18(25-19)14-7-5-6-8-16(14)23/h5-12,18-19,25H,4H2,1-3H3. The van der Waals surface area contributed by atoms with E-state index in [-0.39, 0.29) is 18.6 Å². The maximum absolute atomic E-state index is 14.6. The summed E-state index contributed by atoms with van der Waals surface area (Å²) in [6.45, 7) is 5.60. The van der Waals surface area contributed by atoms with Gasteiger partial charge in [0.05, 0.1) is 24.4 Å². The highest BCUT2D eigenvalue weighted by Gasteiger charge is 2.36. The Balaban J connectivity index is 2.17. The molecular weight excluding hydrogens is 383 g/mol. The van der Waals surface area contributed by atoms with Crippen molar-refractivity contribution in [2.24, 2.45) is 4.99 Å². The minimum Gasteiger partial charge on any atom is -0.476 e. The number of rotatable bonds is 4. The summed E-state index contributed by atoms with van der Waals surface area (Å²) in [7, 11) is 0. The molecule has 2 atom stereocenters. The van der Waals surface area contributed by atoms with Crippen molar-refractivity contribution in [2.45, 2.75) is 39.0 Å². The van der Waals surface area contributed by atoms with E-state index in [1.807, 2.05) is 13.8 Å². The molecule has 0 aliphatic carbocycles. The van der Waals surface area contributed by atoms with E-state index in [4.69, 9.17) is 21.1 Å². The van der Waals surface area contributed by atoms with Crippen LogP contribution in [0, 0.1) is 5.82 Å². The maximum Gasteiger partial charge on any atom is 0.332 e. The molecule has 5 nitrogen and oxygen atoms in total. The van der Waals surface area contributed by atoms with Gasteiger partial charge in [0.1, 0.15) is 5.82 Å². The third-order valence-corrected chi connectivity index (χ3v) is 4.44. The molecule has 0 saturated carbocycles. The molecular formula is C21H22ClFN2O3. The van der Waals surface area contributed by atoms with E-state index in [9.17, 15) is 9.18 Å². The molecule has 2 unspecified atom stereocenters. The number of esters is 1. The Morgan fingerprint density at radius 2 is 2.00 bits per heavy atom. The number of hydrogen-bond acceptors (Lipinski definition) is 5. The van der Waals surface area contributed by atoms with E-state index in [0.717, 1.165) is 0 Å². The van der Waals surface area contributed by atoms with E-state index >= 15 is 0 Å². The van der Waals surface area contributed by atoms with Gasteiger partial charge in [-0.15, -0.1) is 0 Å². The van der Waals surface area contributed by atoms with Gasteiger partial charge >= 0.3 is 5.97 Å². The average molecular weight is 405 g/mol. The number of fused-ring (bicyclic) bond motifs is 1. The minimum atomic E-state index is -0.988. The Labute approximate surface area is 168 Å². The predicted molar refractivity (Wildman–Crippen MR) is 107 cm³/mol. The van der Waals surface area contributed by atoms with Crippen LogP contribution in [0.3, 0.4) is 0 Å². The molecule has 1 aliphatic rings. The van der Waals surface area contributed by atoms with Crippen LogP contribution < -0.4 is 5.32 Å². The van der Waals surface area contributed by atoms with Crippen molar-refractivity contribution in [1.82, 2.24) is 5.32 Å². The van der Waals surface area contributed by atoms with Gasteiger partial charge in [-0.2, -0.15) is 0 Å². The van der Waals surface area contributed by atoms with Crippen LogP contribution in [0.5, 0.6) is 0 Å². The lowest BCUT2D eigenvalue weighted by atomic mass is 9.96. The summed E-state index contributed by atoms with van der Waals surface area (Å²) in [5.41, 5.74) is 1.57. The first-order valence-electron chi connectivity index (χ1n) is 9.12. The second-order valence-electron chi connectivity index (χ2n) is 6.63. The molecule has 2 aromatic rings. The molecule has 148 valence electrons. The summed E-state index contributed by atoms with van der Waals surface area (Å²) in [5, 5.41) is 3.65. The van der Waals surface area contributed by atoms with Crippen LogP contribution in [0.4, 0.5) is 10.1 Å². The van der Waals surface area contributed by atoms with Crippen molar-refractivity contribution in [2.75, 3.05) is 6.61 Å². The number of halogens is 2. The van der Waals surface area contributed by atoms with Crippen LogP contribution in [-0.4, -0.2) is 30.6 Å². The van der Waals surface area contributed by atoms with Gasteiger partial charge in [-0.25, -0.2) is 14.2 Å². The van der Waals surface area contributed by atoms with Crippen molar-refractivity contribution in [3.05, 3.63) is 64.4 Å². The zero-order valence-corrected chi connectivity index (χ0v) is 16.7. The quantitative estimate of drug-likeness (QED) is 0.759. The van der Waals surface area contributed by atoms with Gasteiger partial charge in [0, 0.05) is 16.1 Å². The van der Waals surface area contributed by atoms with Gasteiger partial charge in [-0.3, -0.25) is 5.32 Å². The fraction of sp³-hybridized carbons (Fsp3) is 0.333. The van der Waals surface area contributed by atoms with Gasteiger partial charge in [0.2, 0.25) is 5.90 Å². The van der Waals surface area contributed by atoms with E-state index in [1.165, 1.54) is 6.07 Å². The Morgan fingerprint density at radius 3 is 2.68 bits per heavy atom. The second-order valence-corrected chi connectivity index (χ2v) is 7.06. The van der Waals surface area contributed by atoms with E-state index in [0.29, 0.717) is 21.8 Å². The monoisotopic (exact) mass is 404 g/mol. The molecule has 28 heavy (non-hydrogen) atoms. The summed E-state index contributed by atoms with van der Waals surface area (Å²) in [5.74, 6) is -0.764. The van der Waals surface area contributed by atoms with Crippen molar-refractivity contribution in [3.63, 3.8) is 0 Å². The molecule has 1 heterocycles. The van der Waals surface area contributed by atoms with Crippen LogP contribution in [0.25, 0.3) is 0 Å². The van der Waals surface area contributed by atoms with Crippen LogP contribution in [0.2, 0.25) is 5.02 Å². The number of aliphatic imine (C=N–C) groups is 1. The number of benzene rings is 2. The van der Waals surface area contributed by atoms with Crippen molar-refractivity contribution >= 4 is 29.2 Å². The smallest absolute Gasteiger partial charge is 0.332 e. The molecule has 1 N–H and O–H groups in total. The fourth-order valence-electron chi connectivity index (χ4n) is 3.07. The van der Waals surface area contributed by atoms with Gasteiger partial charge in [-0.05, 0) is 45.0 Å². The third kappa shape index (κ3) is 4.34. The van der Waals surface area contributed by atoms with Gasteiger partial charge in [0.15, 0.2) is 6.04 Å². The number of carbonyl (C=O) groups excluding carboxylic acids is 1. The molecule has 0 radical (unpaired) electrons. The van der Waals surface area contributed by atoms with Crippen LogP contribution in [0.15, 0.2) is 47.5 Å². The SMILES string of the molecule is CCOC(=O)C1NC(c2ccccc2F)c2cc(Cl)ccc2N=C1OC(C)C. The van der Waals surface area contributed by atoms with Gasteiger partial charge < -0.3 is 9.47 Å². The van der Waals surface area contributed by atoms with E-state index < -0.39 is 23.9 Å². The van der Waals surface area contributed by atoms with Crippen molar-refractivity contribution in [1.29, 1.82) is 0 Å². The topological polar surface area (TPSA) is 59.9 Å². The van der Waals surface area contributed by atoms with Crippen molar-refractivity contribution in [3.8, 4) is 0 Å². The molecule has 0 amide bonds. The normalized spacial score (nSPS) is 18.9. The summed E-state index contributed by atoms with van der Waals surface area (Å²) in [6.07, 6.45) is -0.210. The Hall–Kier alpha value is -2.44. The lowest BCUT2D eigenvalue weighted by Gasteiger charge is -2.25. The summed E-state index contributed by atoms with van der Waals surface area (Å²) in [6, 6.07) is 9.86. The molecule has 7 heteroatoms. The molecule has 3 rings (SSSR count). The average Bonchev–Trinajstić information content (AvgIpc) is 2.79. The first-order chi connectivity index (χ1) is 13.4. The molecule has 0 aromatic heterocycles. The minimum absolute atomic E-state index is 0.177. The third-order valence-electron chi connectivity index (χ3n) is 4.21. The predicted octanol–water partition coefficient (Wildman–Crippen LogP) is 4.56. The molecule has 0 fully saturated rings. The highest BCUT2D eigenvalue weighted by Crippen LogP contribution is 2.36. The molecule has 0 saturated heterocycles. The Kier molecular flexibility index (Phi) is 6.31. The Bertz CT molecular complexity index is 901. The fourth-order valence-corrected chi connectivity index (χ4v) is 3.25. The molecule has 0 spiro atoms. The zero-order chi connectivity index (χ0) is 20.3. The highest BCUT2D eigenvalue weighted by atomic mass is 35.5. The van der Waals surface area contributed by atoms with Crippen LogP contribution in [-0.2, 0) is 14.3 Å². The summed E-state index contributed by atoms with van der Waals surface area (Å²) < 4.78 is 25.6. The first-order valence-corrected chi connectivity index (χ1v) is 9.50. The molecule has 1 aliphatic heterocycles. The number of carbonyl (C=O) groups is 1. The number of hydrogen-bond donors (Lipinski definition) is 1. The van der Waals surface area contributed by atoms with Gasteiger partial charge in [-0.1, -0.05) is 29.8 Å². The van der Waals surface area contributed by atoms with Crippen LogP contribution >= 0.6 is 11.6 Å². The van der Waals surface area contributed by atoms with E-state index in [2.05, 4.69) is 10.3 Å². The maximum atomic E-state index is 14.6. The number of nitrogens with zero attached hydrogens (tertiary/aromatic N) is 1. The second kappa shape index (κ2) is 8.71. The van der Waals surface area contributed by atoms with Crippen LogP contribution in [0.1, 0.15) is 37.9 Å². The highest BCUT2D eigenvalue weighted by molar-refractivity contribution is 6.30. The molecule has 2 aromatic carbocycles. The van der Waals surface area contributed by atoms with Gasteiger partial charge in [0.25, 0.3) is 0 Å². The molecule has 0 bridgehead atoms. The summed E-state index contributed by atoms with van der Waals surface area (Å²) in [4.78, 5) is 17.2. The largest absolute Gasteiger partial charge is 0.476 e. The Morgan fingerprint density at radius 1 is 1.25 bits per heavy atom. The first kappa shape index (κ1) is 20.3. The zero-order valence-electron chi connectivity index (χ0n) is 15.9. The number of ether oxygens (including phenoxy) is 2. The van der Waals surface area contributed by atoms with E-state index in [1.54, 1.807) is 43.3 Å². The number of nitrogens with one attached hydrogen (secondary N) is 1. The summed E-state index contributed by atoms with van der Waals surface area (Å²) >= 11 is 6.20. The van der Waals surface area contributed by atoms with Crippen molar-refractivity contribution < 1.29 is 18.7 Å².